The number of hydrogen-bond donors (Lipinski definition) is 1. The number of halogens is 3. The van der Waals surface area contributed by atoms with Gasteiger partial charge in [-0.05, 0) is 52.3 Å². The number of nitrogens with zero attached hydrogens (tertiary/aromatic N) is 1. The van der Waals surface area contributed by atoms with Gasteiger partial charge < -0.3 is 10.2 Å². The van der Waals surface area contributed by atoms with E-state index in [9.17, 15) is 13.2 Å². The summed E-state index contributed by atoms with van der Waals surface area (Å²) in [5, 5.41) is 3.11. The van der Waals surface area contributed by atoms with E-state index in [1.807, 2.05) is 39.5 Å². The summed E-state index contributed by atoms with van der Waals surface area (Å²) in [6.45, 7) is 11.3. The maximum atomic E-state index is 13.3. The normalized spacial score (nSPS) is 12.6. The summed E-state index contributed by atoms with van der Waals surface area (Å²) in [6, 6.07) is 4.60. The van der Waals surface area contributed by atoms with Crippen LogP contribution in [0.2, 0.25) is 0 Å². The lowest BCUT2D eigenvalue weighted by atomic mass is 10.0. The molecule has 0 aliphatic heterocycles. The Labute approximate surface area is 125 Å². The highest BCUT2D eigenvalue weighted by molar-refractivity contribution is 5.52. The van der Waals surface area contributed by atoms with Crippen LogP contribution in [-0.4, -0.2) is 18.6 Å². The van der Waals surface area contributed by atoms with E-state index >= 15 is 0 Å². The van der Waals surface area contributed by atoms with Gasteiger partial charge in [-0.25, -0.2) is 0 Å². The molecule has 0 saturated carbocycles. The fourth-order valence-corrected chi connectivity index (χ4v) is 2.13. The zero-order valence-corrected chi connectivity index (χ0v) is 13.4. The first-order chi connectivity index (χ1) is 9.58. The summed E-state index contributed by atoms with van der Waals surface area (Å²) in [5.41, 5.74) is 0.129. The average Bonchev–Trinajstić information content (AvgIpc) is 2.36. The van der Waals surface area contributed by atoms with Gasteiger partial charge in [0, 0.05) is 30.9 Å². The minimum Gasteiger partial charge on any atom is -0.372 e. The highest BCUT2D eigenvalue weighted by Crippen LogP contribution is 2.34. The van der Waals surface area contributed by atoms with Gasteiger partial charge in [-0.1, -0.05) is 6.07 Å². The van der Waals surface area contributed by atoms with Gasteiger partial charge in [0.25, 0.3) is 0 Å². The third-order valence-electron chi connectivity index (χ3n) is 3.34. The Morgan fingerprint density at radius 2 is 1.62 bits per heavy atom. The van der Waals surface area contributed by atoms with Crippen LogP contribution in [0.5, 0.6) is 0 Å². The molecule has 5 heteroatoms. The maximum absolute atomic E-state index is 13.3. The number of nitrogens with one attached hydrogen (secondary N) is 1. The molecule has 0 unspecified atom stereocenters. The molecule has 0 heterocycles. The summed E-state index contributed by atoms with van der Waals surface area (Å²) in [7, 11) is 0. The van der Waals surface area contributed by atoms with E-state index in [0.717, 1.165) is 0 Å². The Morgan fingerprint density at radius 3 is 2.05 bits per heavy atom. The standard InChI is InChI=1S/C16H25F3N2/c1-6-21(7-2)13-9-8-12(11-20-15(3,4)5)14(10-13)16(17,18)19/h8-10,20H,6-7,11H2,1-5H3. The van der Waals surface area contributed by atoms with Crippen molar-refractivity contribution in [2.45, 2.75) is 52.9 Å². The molecule has 0 spiro atoms. The van der Waals surface area contributed by atoms with Crippen LogP contribution in [0.3, 0.4) is 0 Å². The van der Waals surface area contributed by atoms with E-state index in [4.69, 9.17) is 0 Å². The Morgan fingerprint density at radius 1 is 1.05 bits per heavy atom. The molecule has 0 radical (unpaired) electrons. The van der Waals surface area contributed by atoms with Crippen LogP contribution in [0.15, 0.2) is 18.2 Å². The smallest absolute Gasteiger partial charge is 0.372 e. The predicted octanol–water partition coefficient (Wildman–Crippen LogP) is 4.44. The summed E-state index contributed by atoms with van der Waals surface area (Å²) in [4.78, 5) is 1.91. The summed E-state index contributed by atoms with van der Waals surface area (Å²) in [6.07, 6.45) is -4.34. The highest BCUT2D eigenvalue weighted by Gasteiger charge is 2.34. The molecule has 1 N–H and O–H groups in total. The van der Waals surface area contributed by atoms with Gasteiger partial charge >= 0.3 is 6.18 Å². The number of alkyl halides is 3. The molecule has 2 nitrogen and oxygen atoms in total. The van der Waals surface area contributed by atoms with Gasteiger partial charge in [-0.3, -0.25) is 0 Å². The average molecular weight is 302 g/mol. The largest absolute Gasteiger partial charge is 0.416 e. The highest BCUT2D eigenvalue weighted by atomic mass is 19.4. The predicted molar refractivity (Wildman–Crippen MR) is 81.6 cm³/mol. The molecule has 0 aliphatic rings. The number of hydrogen-bond acceptors (Lipinski definition) is 2. The maximum Gasteiger partial charge on any atom is 0.416 e. The quantitative estimate of drug-likeness (QED) is 0.865. The van der Waals surface area contributed by atoms with Gasteiger partial charge in [0.2, 0.25) is 0 Å². The first-order valence-electron chi connectivity index (χ1n) is 7.28. The second-order valence-corrected chi connectivity index (χ2v) is 6.12. The van der Waals surface area contributed by atoms with Crippen molar-refractivity contribution in [1.29, 1.82) is 0 Å². The van der Waals surface area contributed by atoms with Crippen molar-refractivity contribution in [3.63, 3.8) is 0 Å². The zero-order valence-electron chi connectivity index (χ0n) is 13.4. The van der Waals surface area contributed by atoms with Gasteiger partial charge in [-0.2, -0.15) is 13.2 Å². The van der Waals surface area contributed by atoms with Crippen LogP contribution < -0.4 is 10.2 Å². The molecular formula is C16H25F3N2. The van der Waals surface area contributed by atoms with Gasteiger partial charge in [0.1, 0.15) is 0 Å². The van der Waals surface area contributed by atoms with Crippen molar-refractivity contribution in [3.05, 3.63) is 29.3 Å². The summed E-state index contributed by atoms with van der Waals surface area (Å²) in [5.74, 6) is 0. The van der Waals surface area contributed by atoms with Gasteiger partial charge in [0.15, 0.2) is 0 Å². The molecule has 0 aromatic heterocycles. The molecule has 0 aliphatic carbocycles. The molecule has 1 rings (SSSR count). The first-order valence-corrected chi connectivity index (χ1v) is 7.28. The van der Waals surface area contributed by atoms with Crippen LogP contribution in [0.4, 0.5) is 18.9 Å². The minimum absolute atomic E-state index is 0.205. The fourth-order valence-electron chi connectivity index (χ4n) is 2.13. The van der Waals surface area contributed by atoms with Crippen molar-refractivity contribution in [2.24, 2.45) is 0 Å². The van der Waals surface area contributed by atoms with Gasteiger partial charge in [0.05, 0.1) is 5.56 Å². The molecule has 120 valence electrons. The molecule has 0 amide bonds. The summed E-state index contributed by atoms with van der Waals surface area (Å²) >= 11 is 0. The Bertz CT molecular complexity index is 458. The van der Waals surface area contributed by atoms with Crippen LogP contribution in [0.1, 0.15) is 45.7 Å². The van der Waals surface area contributed by atoms with E-state index in [1.165, 1.54) is 6.07 Å². The molecule has 0 atom stereocenters. The van der Waals surface area contributed by atoms with Crippen LogP contribution in [-0.2, 0) is 12.7 Å². The Hall–Kier alpha value is -1.23. The van der Waals surface area contributed by atoms with E-state index in [-0.39, 0.29) is 17.6 Å². The van der Waals surface area contributed by atoms with Crippen molar-refractivity contribution < 1.29 is 13.2 Å². The molecule has 0 fully saturated rings. The van der Waals surface area contributed by atoms with Crippen molar-refractivity contribution >= 4 is 5.69 Å². The molecule has 0 saturated heterocycles. The Kier molecular flexibility index (Phi) is 5.68. The topological polar surface area (TPSA) is 15.3 Å². The second kappa shape index (κ2) is 6.69. The summed E-state index contributed by atoms with van der Waals surface area (Å²) < 4.78 is 39.8. The Balaban J connectivity index is 3.14. The van der Waals surface area contributed by atoms with Crippen LogP contribution in [0, 0.1) is 0 Å². The third kappa shape index (κ3) is 5.23. The van der Waals surface area contributed by atoms with E-state index in [2.05, 4.69) is 5.32 Å². The van der Waals surface area contributed by atoms with Crippen molar-refractivity contribution in [2.75, 3.05) is 18.0 Å². The minimum atomic E-state index is -4.34. The van der Waals surface area contributed by atoms with E-state index in [0.29, 0.717) is 18.8 Å². The SMILES string of the molecule is CCN(CC)c1ccc(CNC(C)(C)C)c(C(F)(F)F)c1. The molecule has 21 heavy (non-hydrogen) atoms. The van der Waals surface area contributed by atoms with Crippen LogP contribution in [0.25, 0.3) is 0 Å². The van der Waals surface area contributed by atoms with E-state index in [1.54, 1.807) is 12.1 Å². The van der Waals surface area contributed by atoms with Gasteiger partial charge in [-0.15, -0.1) is 0 Å². The number of rotatable bonds is 5. The fraction of sp³-hybridized carbons (Fsp3) is 0.625. The molecule has 0 bridgehead atoms. The lowest BCUT2D eigenvalue weighted by molar-refractivity contribution is -0.138. The lowest BCUT2D eigenvalue weighted by Gasteiger charge is -2.25. The van der Waals surface area contributed by atoms with E-state index < -0.39 is 11.7 Å². The molecule has 1 aromatic rings. The third-order valence-corrected chi connectivity index (χ3v) is 3.34. The van der Waals surface area contributed by atoms with Crippen LogP contribution >= 0.6 is 0 Å². The first kappa shape index (κ1) is 17.8. The van der Waals surface area contributed by atoms with Crippen molar-refractivity contribution in [3.8, 4) is 0 Å². The lowest BCUT2D eigenvalue weighted by Crippen LogP contribution is -2.35. The monoisotopic (exact) mass is 302 g/mol. The molecular weight excluding hydrogens is 277 g/mol. The number of anilines is 1. The second-order valence-electron chi connectivity index (χ2n) is 6.12. The zero-order chi connectivity index (χ0) is 16.3. The number of benzene rings is 1. The van der Waals surface area contributed by atoms with Crippen molar-refractivity contribution in [1.82, 2.24) is 5.32 Å². The molecule has 1 aromatic carbocycles.